The fraction of sp³-hybridized carbons (Fsp3) is 0.109. The largest absolute Gasteiger partial charge is 0.497 e. The molecular formula is C46H34F4N4O4. The van der Waals surface area contributed by atoms with Crippen molar-refractivity contribution in [1.82, 2.24) is 9.55 Å². The van der Waals surface area contributed by atoms with Gasteiger partial charge in [-0.2, -0.15) is 0 Å². The number of imidazole rings is 1. The van der Waals surface area contributed by atoms with Crippen molar-refractivity contribution in [3.05, 3.63) is 173 Å². The van der Waals surface area contributed by atoms with Crippen LogP contribution < -0.4 is 18.9 Å². The van der Waals surface area contributed by atoms with Crippen molar-refractivity contribution in [3.8, 4) is 56.9 Å². The maximum absolute atomic E-state index is 16.9. The Labute approximate surface area is 331 Å². The van der Waals surface area contributed by atoms with E-state index in [0.29, 0.717) is 45.3 Å². The van der Waals surface area contributed by atoms with Gasteiger partial charge in [-0.1, -0.05) is 60.7 Å². The second-order valence-electron chi connectivity index (χ2n) is 13.1. The van der Waals surface area contributed by atoms with Crippen molar-refractivity contribution in [1.29, 1.82) is 0 Å². The summed E-state index contributed by atoms with van der Waals surface area (Å²) in [4.78, 5) is 15.4. The first-order valence-electron chi connectivity index (χ1n) is 18.0. The van der Waals surface area contributed by atoms with Gasteiger partial charge in [0, 0.05) is 22.3 Å². The normalized spacial score (nSPS) is 13.2. The SMILES string of the molecule is COc1cccc(C2=NC(c3c(F)cccc3F)(n3c(-c4c(F)cccc4F)nc(-c4cccc(OC)c4)c3-c3cccc(OC)c3)N=C2c2cccc(OC)c2)c1. The second kappa shape index (κ2) is 15.4. The number of rotatable bonds is 11. The molecule has 0 amide bonds. The molecule has 1 aliphatic heterocycles. The topological polar surface area (TPSA) is 79.5 Å². The molecule has 0 saturated carbocycles. The van der Waals surface area contributed by atoms with Crippen LogP contribution in [0, 0.1) is 23.3 Å². The summed E-state index contributed by atoms with van der Waals surface area (Å²) in [6, 6.07) is 34.3. The van der Waals surface area contributed by atoms with Crippen molar-refractivity contribution in [2.24, 2.45) is 9.98 Å². The molecule has 0 saturated heterocycles. The molecule has 12 heteroatoms. The van der Waals surface area contributed by atoms with Gasteiger partial charge in [0.05, 0.1) is 62.4 Å². The zero-order valence-corrected chi connectivity index (χ0v) is 31.6. The van der Waals surface area contributed by atoms with Gasteiger partial charge in [-0.15, -0.1) is 0 Å². The third kappa shape index (κ3) is 6.51. The lowest BCUT2D eigenvalue weighted by molar-refractivity contribution is 0.366. The van der Waals surface area contributed by atoms with E-state index in [9.17, 15) is 0 Å². The number of hydrogen-bond donors (Lipinski definition) is 0. The van der Waals surface area contributed by atoms with Crippen LogP contribution in [0.25, 0.3) is 33.9 Å². The number of hydrogen-bond acceptors (Lipinski definition) is 7. The van der Waals surface area contributed by atoms with Crippen LogP contribution in [-0.4, -0.2) is 49.4 Å². The number of ether oxygens (including phenoxy) is 4. The fourth-order valence-electron chi connectivity index (χ4n) is 7.14. The highest BCUT2D eigenvalue weighted by atomic mass is 19.1. The Balaban J connectivity index is 1.63. The van der Waals surface area contributed by atoms with E-state index in [4.69, 9.17) is 33.9 Å². The predicted molar refractivity (Wildman–Crippen MR) is 214 cm³/mol. The smallest absolute Gasteiger partial charge is 0.267 e. The number of benzene rings is 6. The summed E-state index contributed by atoms with van der Waals surface area (Å²) in [6.07, 6.45) is 0. The Morgan fingerprint density at radius 1 is 0.466 bits per heavy atom. The van der Waals surface area contributed by atoms with Gasteiger partial charge in [-0.3, -0.25) is 4.57 Å². The lowest BCUT2D eigenvalue weighted by Crippen LogP contribution is -2.34. The van der Waals surface area contributed by atoms with Gasteiger partial charge in [0.25, 0.3) is 5.79 Å². The quantitative estimate of drug-likeness (QED) is 0.122. The minimum Gasteiger partial charge on any atom is -0.497 e. The van der Waals surface area contributed by atoms with E-state index in [2.05, 4.69) is 0 Å². The minimum atomic E-state index is -2.50. The van der Waals surface area contributed by atoms with E-state index in [-0.39, 0.29) is 28.6 Å². The summed E-state index contributed by atoms with van der Waals surface area (Å²) >= 11 is 0. The molecule has 8 rings (SSSR count). The van der Waals surface area contributed by atoms with Crippen molar-refractivity contribution in [2.45, 2.75) is 5.79 Å². The molecule has 290 valence electrons. The number of aliphatic imine (C=N–C) groups is 2. The molecule has 1 aromatic heterocycles. The molecule has 0 unspecified atom stereocenters. The predicted octanol–water partition coefficient (Wildman–Crippen LogP) is 10.1. The molecule has 6 aromatic carbocycles. The molecule has 0 atom stereocenters. The van der Waals surface area contributed by atoms with Crippen LogP contribution in [0.3, 0.4) is 0 Å². The Hall–Kier alpha value is -7.21. The number of nitrogens with zero attached hydrogens (tertiary/aromatic N) is 4. The average molecular weight is 783 g/mol. The molecule has 2 heterocycles. The van der Waals surface area contributed by atoms with Crippen LogP contribution >= 0.6 is 0 Å². The van der Waals surface area contributed by atoms with Gasteiger partial charge in [-0.05, 0) is 72.8 Å². The van der Waals surface area contributed by atoms with Crippen molar-refractivity contribution in [2.75, 3.05) is 28.4 Å². The molecule has 58 heavy (non-hydrogen) atoms. The van der Waals surface area contributed by atoms with Crippen LogP contribution in [0.2, 0.25) is 0 Å². The Kier molecular flexibility index (Phi) is 10.00. The van der Waals surface area contributed by atoms with E-state index in [1.165, 1.54) is 45.1 Å². The van der Waals surface area contributed by atoms with Gasteiger partial charge in [0.1, 0.15) is 46.3 Å². The van der Waals surface area contributed by atoms with Crippen LogP contribution in [0.4, 0.5) is 17.6 Å². The van der Waals surface area contributed by atoms with E-state index in [0.717, 1.165) is 24.3 Å². The average Bonchev–Trinajstić information content (AvgIpc) is 3.85. The molecular weight excluding hydrogens is 749 g/mol. The molecule has 0 N–H and O–H groups in total. The highest BCUT2D eigenvalue weighted by Gasteiger charge is 2.49. The zero-order valence-electron chi connectivity index (χ0n) is 31.6. The van der Waals surface area contributed by atoms with E-state index < -0.39 is 40.2 Å². The number of halogens is 4. The minimum absolute atomic E-state index is 0.150. The highest BCUT2D eigenvalue weighted by Crippen LogP contribution is 2.49. The Morgan fingerprint density at radius 3 is 1.31 bits per heavy atom. The molecule has 0 bridgehead atoms. The molecule has 7 aromatic rings. The zero-order chi connectivity index (χ0) is 40.6. The molecule has 0 spiro atoms. The third-order valence-electron chi connectivity index (χ3n) is 9.81. The monoisotopic (exact) mass is 782 g/mol. The molecule has 0 aliphatic carbocycles. The summed E-state index contributed by atoms with van der Waals surface area (Å²) in [5.74, 6) is -5.10. The fourth-order valence-corrected chi connectivity index (χ4v) is 7.14. The lowest BCUT2D eigenvalue weighted by Gasteiger charge is -2.30. The van der Waals surface area contributed by atoms with Crippen molar-refractivity contribution < 1.29 is 36.5 Å². The van der Waals surface area contributed by atoms with Crippen LogP contribution in [0.1, 0.15) is 16.7 Å². The van der Waals surface area contributed by atoms with Crippen molar-refractivity contribution in [3.63, 3.8) is 0 Å². The van der Waals surface area contributed by atoms with E-state index >= 15 is 17.6 Å². The van der Waals surface area contributed by atoms with Gasteiger partial charge >= 0.3 is 0 Å². The Bertz CT molecular complexity index is 2660. The highest BCUT2D eigenvalue weighted by molar-refractivity contribution is 6.54. The maximum atomic E-state index is 16.9. The summed E-state index contributed by atoms with van der Waals surface area (Å²) < 4.78 is 90.0. The first-order valence-corrected chi connectivity index (χ1v) is 18.0. The van der Waals surface area contributed by atoms with Crippen LogP contribution in [0.5, 0.6) is 23.0 Å². The van der Waals surface area contributed by atoms with Gasteiger partial charge in [0.2, 0.25) is 0 Å². The van der Waals surface area contributed by atoms with E-state index in [1.54, 1.807) is 97.1 Å². The Morgan fingerprint density at radius 2 is 0.845 bits per heavy atom. The van der Waals surface area contributed by atoms with Gasteiger partial charge in [-0.25, -0.2) is 32.5 Å². The summed E-state index contributed by atoms with van der Waals surface area (Å²) in [7, 11) is 6.00. The van der Waals surface area contributed by atoms with E-state index in [1.807, 2.05) is 0 Å². The van der Waals surface area contributed by atoms with Gasteiger partial charge in [0.15, 0.2) is 5.82 Å². The number of methoxy groups -OCH3 is 4. The molecule has 0 radical (unpaired) electrons. The summed E-state index contributed by atoms with van der Waals surface area (Å²) in [6.45, 7) is 0. The van der Waals surface area contributed by atoms with Gasteiger partial charge < -0.3 is 18.9 Å². The maximum Gasteiger partial charge on any atom is 0.267 e. The first-order chi connectivity index (χ1) is 28.2. The molecule has 1 aliphatic rings. The first kappa shape index (κ1) is 37.7. The van der Waals surface area contributed by atoms with Crippen LogP contribution in [0.15, 0.2) is 143 Å². The second-order valence-corrected chi connectivity index (χ2v) is 13.1. The van der Waals surface area contributed by atoms with Crippen molar-refractivity contribution >= 4 is 11.4 Å². The molecule has 8 nitrogen and oxygen atoms in total. The standard InChI is InChI=1S/C46H34F4N4O4/c1-55-31-15-5-11-27(23-31)41-42(28-12-6-16-32(24-28)56-2)53-46(52-41,40-37(49)21-10-22-38(40)50)54-44(30-14-8-18-34(26-30)58-4)43(29-13-7-17-33(25-29)57-3)51-45(54)39-35(47)19-9-20-36(39)48/h5-26H,1-4H3. The van der Waals surface area contributed by atoms with Crippen LogP contribution in [-0.2, 0) is 5.79 Å². The summed E-state index contributed by atoms with van der Waals surface area (Å²) in [5, 5.41) is 0. The molecule has 0 fully saturated rings. The number of aromatic nitrogens is 2. The third-order valence-corrected chi connectivity index (χ3v) is 9.81. The summed E-state index contributed by atoms with van der Waals surface area (Å²) in [5.41, 5.74) is 1.25. The lowest BCUT2D eigenvalue weighted by atomic mass is 10.00.